The highest BCUT2D eigenvalue weighted by Gasteiger charge is 2.18. The number of hydrogen-bond donors (Lipinski definition) is 1. The molecule has 0 saturated carbocycles. The molecule has 5 heteroatoms. The van der Waals surface area contributed by atoms with Gasteiger partial charge < -0.3 is 10.6 Å². The zero-order chi connectivity index (χ0) is 12.8. The van der Waals surface area contributed by atoms with E-state index in [2.05, 4.69) is 0 Å². The second kappa shape index (κ2) is 8.06. The Labute approximate surface area is 114 Å². The van der Waals surface area contributed by atoms with E-state index in [0.29, 0.717) is 19.5 Å². The van der Waals surface area contributed by atoms with Gasteiger partial charge in [-0.15, -0.1) is 12.4 Å². The zero-order valence-electron chi connectivity index (χ0n) is 10.7. The molecule has 0 heterocycles. The molecule has 0 saturated heterocycles. The zero-order valence-corrected chi connectivity index (χ0v) is 11.5. The Morgan fingerprint density at radius 1 is 1.39 bits per heavy atom. The van der Waals surface area contributed by atoms with E-state index in [0.717, 1.165) is 5.56 Å². The van der Waals surface area contributed by atoms with Crippen molar-refractivity contribution < 1.29 is 9.18 Å². The molecule has 3 nitrogen and oxygen atoms in total. The number of nitrogens with two attached hydrogens (primary N) is 1. The highest BCUT2D eigenvalue weighted by atomic mass is 35.5. The maximum Gasteiger partial charge on any atom is 0.224 e. The van der Waals surface area contributed by atoms with Crippen LogP contribution in [-0.2, 0) is 4.79 Å². The van der Waals surface area contributed by atoms with Crippen LogP contribution in [0.1, 0.15) is 31.9 Å². The molecule has 18 heavy (non-hydrogen) atoms. The monoisotopic (exact) mass is 274 g/mol. The summed E-state index contributed by atoms with van der Waals surface area (Å²) in [5, 5.41) is 0. The Bertz CT molecular complexity index is 370. The van der Waals surface area contributed by atoms with Gasteiger partial charge in [0.1, 0.15) is 5.82 Å². The molecule has 0 aliphatic carbocycles. The quantitative estimate of drug-likeness (QED) is 0.897. The van der Waals surface area contributed by atoms with Gasteiger partial charge in [0.05, 0.1) is 6.04 Å². The standard InChI is InChI=1S/C13H19FN2O.ClH/c1-3-16(13(17)8-9-15)10(2)11-4-6-12(14)7-5-11;/h4-7,10H,3,8-9,15H2,1-2H3;1H. The van der Waals surface area contributed by atoms with E-state index >= 15 is 0 Å². The van der Waals surface area contributed by atoms with Gasteiger partial charge >= 0.3 is 0 Å². The lowest BCUT2D eigenvalue weighted by molar-refractivity contribution is -0.132. The van der Waals surface area contributed by atoms with E-state index in [-0.39, 0.29) is 30.2 Å². The number of halogens is 2. The van der Waals surface area contributed by atoms with Gasteiger partial charge in [-0.3, -0.25) is 4.79 Å². The van der Waals surface area contributed by atoms with Crippen LogP contribution in [0.2, 0.25) is 0 Å². The fourth-order valence-corrected chi connectivity index (χ4v) is 1.85. The highest BCUT2D eigenvalue weighted by Crippen LogP contribution is 2.20. The minimum Gasteiger partial charge on any atom is -0.336 e. The van der Waals surface area contributed by atoms with Gasteiger partial charge in [0, 0.05) is 19.5 Å². The average Bonchev–Trinajstić information content (AvgIpc) is 2.31. The van der Waals surface area contributed by atoms with Crippen molar-refractivity contribution in [2.75, 3.05) is 13.1 Å². The summed E-state index contributed by atoms with van der Waals surface area (Å²) in [6, 6.07) is 6.18. The molecular formula is C13H20ClFN2O. The molecule has 1 rings (SSSR count). The largest absolute Gasteiger partial charge is 0.336 e. The fraction of sp³-hybridized carbons (Fsp3) is 0.462. The van der Waals surface area contributed by atoms with E-state index in [1.54, 1.807) is 17.0 Å². The molecule has 1 unspecified atom stereocenters. The van der Waals surface area contributed by atoms with Gasteiger partial charge in [0.2, 0.25) is 5.91 Å². The van der Waals surface area contributed by atoms with Crippen LogP contribution < -0.4 is 5.73 Å². The van der Waals surface area contributed by atoms with Crippen molar-refractivity contribution in [3.63, 3.8) is 0 Å². The summed E-state index contributed by atoms with van der Waals surface area (Å²) < 4.78 is 12.8. The van der Waals surface area contributed by atoms with Crippen molar-refractivity contribution in [3.05, 3.63) is 35.6 Å². The van der Waals surface area contributed by atoms with Gasteiger partial charge in [0.15, 0.2) is 0 Å². The molecule has 1 aromatic carbocycles. The van der Waals surface area contributed by atoms with Gasteiger partial charge in [-0.05, 0) is 31.5 Å². The maximum absolute atomic E-state index is 12.8. The fourth-order valence-electron chi connectivity index (χ4n) is 1.85. The number of hydrogen-bond acceptors (Lipinski definition) is 2. The lowest BCUT2D eigenvalue weighted by atomic mass is 10.1. The minimum absolute atomic E-state index is 0. The van der Waals surface area contributed by atoms with Crippen LogP contribution in [0.3, 0.4) is 0 Å². The van der Waals surface area contributed by atoms with Crippen molar-refractivity contribution in [3.8, 4) is 0 Å². The Kier molecular flexibility index (Phi) is 7.55. The van der Waals surface area contributed by atoms with Crippen LogP contribution in [0.25, 0.3) is 0 Å². The Morgan fingerprint density at radius 2 is 1.94 bits per heavy atom. The van der Waals surface area contributed by atoms with Crippen LogP contribution >= 0.6 is 12.4 Å². The summed E-state index contributed by atoms with van der Waals surface area (Å²) in [5.74, 6) is -0.232. The number of amides is 1. The molecular weight excluding hydrogens is 255 g/mol. The van der Waals surface area contributed by atoms with E-state index in [4.69, 9.17) is 5.73 Å². The van der Waals surface area contributed by atoms with Crippen LogP contribution in [0.5, 0.6) is 0 Å². The lowest BCUT2D eigenvalue weighted by Gasteiger charge is -2.28. The number of nitrogens with zero attached hydrogens (tertiary/aromatic N) is 1. The predicted octanol–water partition coefficient (Wildman–Crippen LogP) is 2.51. The molecule has 0 radical (unpaired) electrons. The van der Waals surface area contributed by atoms with E-state index in [1.807, 2.05) is 13.8 Å². The molecule has 0 aromatic heterocycles. The van der Waals surface area contributed by atoms with E-state index in [9.17, 15) is 9.18 Å². The summed E-state index contributed by atoms with van der Waals surface area (Å²) >= 11 is 0. The SMILES string of the molecule is CCN(C(=O)CCN)C(C)c1ccc(F)cc1.Cl. The van der Waals surface area contributed by atoms with Crippen molar-refractivity contribution in [2.24, 2.45) is 5.73 Å². The van der Waals surface area contributed by atoms with Crippen molar-refractivity contribution in [1.29, 1.82) is 0 Å². The molecule has 0 fully saturated rings. The molecule has 0 aliphatic rings. The smallest absolute Gasteiger partial charge is 0.224 e. The molecule has 0 spiro atoms. The second-order valence-electron chi connectivity index (χ2n) is 3.95. The molecule has 1 atom stereocenters. The van der Waals surface area contributed by atoms with Gasteiger partial charge in [0.25, 0.3) is 0 Å². The van der Waals surface area contributed by atoms with Crippen LogP contribution in [0, 0.1) is 5.82 Å². The number of carbonyl (C=O) groups is 1. The summed E-state index contributed by atoms with van der Waals surface area (Å²) in [4.78, 5) is 13.6. The van der Waals surface area contributed by atoms with Crippen molar-refractivity contribution in [2.45, 2.75) is 26.3 Å². The minimum atomic E-state index is -0.266. The second-order valence-corrected chi connectivity index (χ2v) is 3.95. The van der Waals surface area contributed by atoms with Gasteiger partial charge in [-0.2, -0.15) is 0 Å². The first-order valence-electron chi connectivity index (χ1n) is 5.85. The number of benzene rings is 1. The average molecular weight is 275 g/mol. The molecule has 102 valence electrons. The highest BCUT2D eigenvalue weighted by molar-refractivity contribution is 5.85. The summed E-state index contributed by atoms with van der Waals surface area (Å²) in [5.41, 5.74) is 6.31. The Morgan fingerprint density at radius 3 is 2.39 bits per heavy atom. The Balaban J connectivity index is 0.00000289. The number of carbonyl (C=O) groups excluding carboxylic acids is 1. The maximum atomic E-state index is 12.8. The van der Waals surface area contributed by atoms with Crippen molar-refractivity contribution in [1.82, 2.24) is 4.90 Å². The summed E-state index contributed by atoms with van der Waals surface area (Å²) in [7, 11) is 0. The van der Waals surface area contributed by atoms with E-state index in [1.165, 1.54) is 12.1 Å². The molecule has 2 N–H and O–H groups in total. The predicted molar refractivity (Wildman–Crippen MR) is 73.1 cm³/mol. The molecule has 0 aliphatic heterocycles. The topological polar surface area (TPSA) is 46.3 Å². The molecule has 1 amide bonds. The third-order valence-corrected chi connectivity index (χ3v) is 2.84. The van der Waals surface area contributed by atoms with E-state index < -0.39 is 0 Å². The Hall–Kier alpha value is -1.13. The summed E-state index contributed by atoms with van der Waals surface area (Å²) in [6.07, 6.45) is 0.347. The first-order valence-corrected chi connectivity index (χ1v) is 5.85. The first-order chi connectivity index (χ1) is 8.10. The van der Waals surface area contributed by atoms with Gasteiger partial charge in [-0.1, -0.05) is 12.1 Å². The normalized spacial score (nSPS) is 11.6. The molecule has 0 bridgehead atoms. The third kappa shape index (κ3) is 4.27. The van der Waals surface area contributed by atoms with Crippen LogP contribution in [-0.4, -0.2) is 23.9 Å². The third-order valence-electron chi connectivity index (χ3n) is 2.84. The van der Waals surface area contributed by atoms with Crippen LogP contribution in [0.4, 0.5) is 4.39 Å². The van der Waals surface area contributed by atoms with Gasteiger partial charge in [-0.25, -0.2) is 4.39 Å². The summed E-state index contributed by atoms with van der Waals surface area (Å²) in [6.45, 7) is 4.84. The van der Waals surface area contributed by atoms with Crippen LogP contribution in [0.15, 0.2) is 24.3 Å². The first kappa shape index (κ1) is 16.9. The molecule has 1 aromatic rings. The lowest BCUT2D eigenvalue weighted by Crippen LogP contribution is -2.34. The number of rotatable bonds is 5. The van der Waals surface area contributed by atoms with Crippen molar-refractivity contribution >= 4 is 18.3 Å².